The van der Waals surface area contributed by atoms with Gasteiger partial charge in [-0.25, -0.2) is 4.39 Å². The lowest BCUT2D eigenvalue weighted by molar-refractivity contribution is 0.248. The van der Waals surface area contributed by atoms with Crippen LogP contribution in [-0.4, -0.2) is 11.2 Å². The van der Waals surface area contributed by atoms with Crippen LogP contribution in [0.2, 0.25) is 5.02 Å². The first-order valence-corrected chi connectivity index (χ1v) is 5.83. The number of halogens is 2. The first-order chi connectivity index (χ1) is 8.50. The Morgan fingerprint density at radius 2 is 2.33 bits per heavy atom. The highest BCUT2D eigenvalue weighted by Crippen LogP contribution is 2.38. The highest BCUT2D eigenvalue weighted by molar-refractivity contribution is 6.31. The van der Waals surface area contributed by atoms with Gasteiger partial charge in [0.1, 0.15) is 17.3 Å². The van der Waals surface area contributed by atoms with E-state index in [1.165, 1.54) is 0 Å². The van der Waals surface area contributed by atoms with E-state index in [1.807, 2.05) is 6.92 Å². The number of anilines is 1. The van der Waals surface area contributed by atoms with Gasteiger partial charge in [-0.2, -0.15) is 0 Å². The summed E-state index contributed by atoms with van der Waals surface area (Å²) in [4.78, 5) is 11.9. The molecule has 1 atom stereocenters. The van der Waals surface area contributed by atoms with Gasteiger partial charge in [0.05, 0.1) is 16.9 Å². The van der Waals surface area contributed by atoms with Gasteiger partial charge in [-0.3, -0.25) is 4.79 Å². The number of ether oxygens (including phenoxy) is 1. The molecule has 4 nitrogen and oxygen atoms in total. The lowest BCUT2D eigenvalue weighted by atomic mass is 10.1. The minimum absolute atomic E-state index is 0.00274. The number of nitrogen functional groups attached to an aromatic ring is 1. The van der Waals surface area contributed by atoms with Gasteiger partial charge in [-0.15, -0.1) is 0 Å². The zero-order valence-corrected chi connectivity index (χ0v) is 10.3. The third-order valence-electron chi connectivity index (χ3n) is 3.16. The van der Waals surface area contributed by atoms with Crippen LogP contribution in [-0.2, 0) is 0 Å². The molecule has 94 valence electrons. The smallest absolute Gasteiger partial charge is 0.208 e. The molecule has 1 aromatic heterocycles. The maximum Gasteiger partial charge on any atom is 0.208 e. The van der Waals surface area contributed by atoms with E-state index in [0.29, 0.717) is 12.1 Å². The van der Waals surface area contributed by atoms with Crippen LogP contribution >= 0.6 is 11.6 Å². The fraction of sp³-hybridized carbons (Fsp3) is 0.250. The molecule has 0 saturated heterocycles. The van der Waals surface area contributed by atoms with Crippen LogP contribution in [0, 0.1) is 5.82 Å². The molecule has 0 radical (unpaired) electrons. The summed E-state index contributed by atoms with van der Waals surface area (Å²) in [6, 6.07) is 1.11. The van der Waals surface area contributed by atoms with Gasteiger partial charge in [0.25, 0.3) is 0 Å². The van der Waals surface area contributed by atoms with E-state index in [0.717, 1.165) is 6.07 Å². The largest absolute Gasteiger partial charge is 0.487 e. The molecular formula is C12H10ClFN2O2. The first kappa shape index (κ1) is 11.3. The normalized spacial score (nSPS) is 17.8. The minimum atomic E-state index is -0.669. The molecule has 3 rings (SSSR count). The Hall–Kier alpha value is -1.75. The van der Waals surface area contributed by atoms with Gasteiger partial charge < -0.3 is 15.0 Å². The summed E-state index contributed by atoms with van der Waals surface area (Å²) >= 11 is 5.88. The molecule has 1 aliphatic rings. The first-order valence-electron chi connectivity index (χ1n) is 5.46. The van der Waals surface area contributed by atoms with E-state index in [-0.39, 0.29) is 27.9 Å². The van der Waals surface area contributed by atoms with E-state index >= 15 is 0 Å². The number of aromatic nitrogens is 1. The monoisotopic (exact) mass is 268 g/mol. The Morgan fingerprint density at radius 1 is 1.61 bits per heavy atom. The van der Waals surface area contributed by atoms with Gasteiger partial charge in [0, 0.05) is 6.20 Å². The van der Waals surface area contributed by atoms with E-state index in [2.05, 4.69) is 0 Å². The molecule has 2 heterocycles. The minimum Gasteiger partial charge on any atom is -0.487 e. The third kappa shape index (κ3) is 1.34. The molecule has 0 bridgehead atoms. The van der Waals surface area contributed by atoms with Crippen LogP contribution in [0.3, 0.4) is 0 Å². The number of rotatable bonds is 0. The quantitative estimate of drug-likeness (QED) is 0.746. The average Bonchev–Trinajstić information content (AvgIpc) is 2.34. The van der Waals surface area contributed by atoms with Gasteiger partial charge >= 0.3 is 0 Å². The van der Waals surface area contributed by atoms with Crippen molar-refractivity contribution in [1.82, 2.24) is 4.57 Å². The molecule has 6 heteroatoms. The molecule has 0 amide bonds. The van der Waals surface area contributed by atoms with Crippen LogP contribution in [0.1, 0.15) is 13.0 Å². The van der Waals surface area contributed by atoms with Crippen LogP contribution < -0.4 is 15.9 Å². The second-order valence-corrected chi connectivity index (χ2v) is 4.78. The molecule has 1 aliphatic heterocycles. The number of nitrogens with zero attached hydrogens (tertiary/aromatic N) is 1. The molecule has 18 heavy (non-hydrogen) atoms. The number of pyridine rings is 1. The predicted octanol–water partition coefficient (Wildman–Crippen LogP) is 2.33. The molecule has 0 fully saturated rings. The summed E-state index contributed by atoms with van der Waals surface area (Å²) in [6.07, 6.45) is 1.54. The van der Waals surface area contributed by atoms with Crippen LogP contribution in [0.15, 0.2) is 17.1 Å². The van der Waals surface area contributed by atoms with E-state index in [1.54, 1.807) is 10.8 Å². The zero-order valence-electron chi connectivity index (χ0n) is 9.54. The highest BCUT2D eigenvalue weighted by Gasteiger charge is 2.24. The van der Waals surface area contributed by atoms with Crippen molar-refractivity contribution in [2.45, 2.75) is 13.0 Å². The topological polar surface area (TPSA) is 57.2 Å². The second kappa shape index (κ2) is 3.62. The van der Waals surface area contributed by atoms with Crippen LogP contribution in [0.4, 0.5) is 10.1 Å². The molecule has 0 aliphatic carbocycles. The van der Waals surface area contributed by atoms with Gasteiger partial charge in [-0.1, -0.05) is 11.6 Å². The third-order valence-corrected chi connectivity index (χ3v) is 3.43. The van der Waals surface area contributed by atoms with Gasteiger partial charge in [0.15, 0.2) is 11.6 Å². The summed E-state index contributed by atoms with van der Waals surface area (Å²) in [5.41, 5.74) is 5.65. The van der Waals surface area contributed by atoms with Crippen LogP contribution in [0.5, 0.6) is 5.75 Å². The summed E-state index contributed by atoms with van der Waals surface area (Å²) in [5, 5.41) is 0.252. The summed E-state index contributed by atoms with van der Waals surface area (Å²) < 4.78 is 20.9. The average molecular weight is 269 g/mol. The Balaban J connectivity index is 2.60. The molecule has 2 aromatic rings. The highest BCUT2D eigenvalue weighted by atomic mass is 35.5. The Bertz CT molecular complexity index is 726. The number of hydrogen-bond acceptors (Lipinski definition) is 3. The predicted molar refractivity (Wildman–Crippen MR) is 67.8 cm³/mol. The van der Waals surface area contributed by atoms with Crippen molar-refractivity contribution < 1.29 is 9.13 Å². The van der Waals surface area contributed by atoms with Crippen molar-refractivity contribution in [1.29, 1.82) is 0 Å². The molecule has 1 unspecified atom stereocenters. The Kier molecular flexibility index (Phi) is 2.28. The Labute approximate surface area is 107 Å². The number of nitrogens with two attached hydrogens (primary N) is 1. The van der Waals surface area contributed by atoms with Crippen molar-refractivity contribution in [2.75, 3.05) is 12.3 Å². The Morgan fingerprint density at radius 3 is 3.06 bits per heavy atom. The summed E-state index contributed by atoms with van der Waals surface area (Å²) in [5.74, 6) is -0.449. The van der Waals surface area contributed by atoms with Gasteiger partial charge in [-0.05, 0) is 13.0 Å². The van der Waals surface area contributed by atoms with Gasteiger partial charge in [0.2, 0.25) is 5.43 Å². The lowest BCUT2D eigenvalue weighted by Crippen LogP contribution is -2.24. The molecule has 0 saturated carbocycles. The number of hydrogen-bond donors (Lipinski definition) is 1. The standard InChI is InChI=1S/C12H10ClFN2O2/c1-5-4-18-12-9(15)8(14)2-6-10(12)16(5)3-7(13)11(6)17/h2-3,5H,4,15H2,1H3. The van der Waals surface area contributed by atoms with E-state index < -0.39 is 11.2 Å². The van der Waals surface area contributed by atoms with Crippen molar-refractivity contribution in [3.8, 4) is 5.75 Å². The summed E-state index contributed by atoms with van der Waals surface area (Å²) in [7, 11) is 0. The van der Waals surface area contributed by atoms with Crippen molar-refractivity contribution in [3.63, 3.8) is 0 Å². The van der Waals surface area contributed by atoms with Crippen molar-refractivity contribution in [3.05, 3.63) is 33.3 Å². The maximum atomic E-state index is 13.7. The summed E-state index contributed by atoms with van der Waals surface area (Å²) in [6.45, 7) is 2.28. The maximum absolute atomic E-state index is 13.7. The van der Waals surface area contributed by atoms with Crippen molar-refractivity contribution >= 4 is 28.2 Å². The SMILES string of the molecule is CC1COc2c(N)c(F)cc3c(=O)c(Cl)cn1c23. The number of benzene rings is 1. The van der Waals surface area contributed by atoms with Crippen molar-refractivity contribution in [2.24, 2.45) is 0 Å². The van der Waals surface area contributed by atoms with E-state index in [9.17, 15) is 9.18 Å². The fourth-order valence-electron chi connectivity index (χ4n) is 2.21. The fourth-order valence-corrected chi connectivity index (χ4v) is 2.42. The molecular weight excluding hydrogens is 259 g/mol. The molecule has 1 aromatic carbocycles. The lowest BCUT2D eigenvalue weighted by Gasteiger charge is -2.27. The zero-order chi connectivity index (χ0) is 13.0. The molecule has 0 spiro atoms. The van der Waals surface area contributed by atoms with E-state index in [4.69, 9.17) is 22.1 Å². The second-order valence-electron chi connectivity index (χ2n) is 4.37. The van der Waals surface area contributed by atoms with Crippen LogP contribution in [0.25, 0.3) is 10.9 Å². The molecule has 2 N–H and O–H groups in total.